The second-order valence-electron chi connectivity index (χ2n) is 5.41. The van der Waals surface area contributed by atoms with Crippen LogP contribution in [-0.2, 0) is 0 Å². The van der Waals surface area contributed by atoms with Gasteiger partial charge in [-0.1, -0.05) is 53.7 Å². The molecule has 0 amide bonds. The summed E-state index contributed by atoms with van der Waals surface area (Å²) >= 11 is 0. The Labute approximate surface area is 144 Å². The predicted molar refractivity (Wildman–Crippen MR) is 92.8 cm³/mol. The third-order valence-electron chi connectivity index (χ3n) is 3.73. The number of ketones is 1. The molecular weight excluding hydrogens is 314 g/mol. The Hall–Kier alpha value is -3.60. The van der Waals surface area contributed by atoms with Gasteiger partial charge in [-0.05, 0) is 24.3 Å². The molecule has 0 aliphatic carbocycles. The Bertz CT molecular complexity index is 1010. The lowest BCUT2D eigenvalue weighted by Crippen LogP contribution is -2.00. The number of pyridine rings is 1. The minimum Gasteiger partial charge on any atom is -0.334 e. The Morgan fingerprint density at radius 2 is 1.64 bits per heavy atom. The van der Waals surface area contributed by atoms with Crippen molar-refractivity contribution in [1.29, 1.82) is 0 Å². The summed E-state index contributed by atoms with van der Waals surface area (Å²) in [6.07, 6.45) is 1.67. The van der Waals surface area contributed by atoms with Gasteiger partial charge in [-0.25, -0.2) is 0 Å². The Morgan fingerprint density at radius 3 is 2.44 bits per heavy atom. The Balaban J connectivity index is 1.66. The lowest BCUT2D eigenvalue weighted by molar-refractivity contribution is 0.103. The molecule has 2 aromatic heterocycles. The largest absolute Gasteiger partial charge is 0.334 e. The lowest BCUT2D eigenvalue weighted by atomic mass is 10.0. The zero-order valence-electron chi connectivity index (χ0n) is 13.2. The summed E-state index contributed by atoms with van der Waals surface area (Å²) in [5.41, 5.74) is 2.53. The number of rotatable bonds is 4. The van der Waals surface area contributed by atoms with E-state index in [9.17, 15) is 4.79 Å². The Morgan fingerprint density at radius 1 is 0.840 bits per heavy atom. The van der Waals surface area contributed by atoms with Crippen molar-refractivity contribution < 1.29 is 9.32 Å². The van der Waals surface area contributed by atoms with Crippen LogP contribution < -0.4 is 0 Å². The minimum absolute atomic E-state index is 0.0492. The fourth-order valence-electron chi connectivity index (χ4n) is 2.49. The summed E-state index contributed by atoms with van der Waals surface area (Å²) in [7, 11) is 0. The van der Waals surface area contributed by atoms with Gasteiger partial charge in [0.2, 0.25) is 5.82 Å². The van der Waals surface area contributed by atoms with E-state index in [-0.39, 0.29) is 5.78 Å². The first kappa shape index (κ1) is 15.0. The smallest absolute Gasteiger partial charge is 0.258 e. The van der Waals surface area contributed by atoms with Crippen LogP contribution in [0, 0.1) is 0 Å². The fourth-order valence-corrected chi connectivity index (χ4v) is 2.49. The number of hydrogen-bond donors (Lipinski definition) is 0. The molecule has 0 radical (unpaired) electrons. The maximum Gasteiger partial charge on any atom is 0.258 e. The molecule has 0 N–H and O–H groups in total. The molecule has 0 spiro atoms. The van der Waals surface area contributed by atoms with Crippen LogP contribution >= 0.6 is 0 Å². The monoisotopic (exact) mass is 327 g/mol. The lowest BCUT2D eigenvalue weighted by Gasteiger charge is -2.02. The summed E-state index contributed by atoms with van der Waals surface area (Å²) < 4.78 is 5.33. The summed E-state index contributed by atoms with van der Waals surface area (Å²) in [6.45, 7) is 0. The molecule has 0 aliphatic rings. The van der Waals surface area contributed by atoms with E-state index in [0.29, 0.717) is 34.1 Å². The predicted octanol–water partition coefficient (Wildman–Crippen LogP) is 4.03. The van der Waals surface area contributed by atoms with E-state index in [1.807, 2.05) is 42.5 Å². The molecule has 120 valence electrons. The first-order valence-corrected chi connectivity index (χ1v) is 7.76. The average molecular weight is 327 g/mol. The molecule has 25 heavy (non-hydrogen) atoms. The summed E-state index contributed by atoms with van der Waals surface area (Å²) in [6, 6.07) is 21.8. The molecule has 5 heteroatoms. The van der Waals surface area contributed by atoms with Gasteiger partial charge >= 0.3 is 0 Å². The Kier molecular flexibility index (Phi) is 3.88. The van der Waals surface area contributed by atoms with E-state index in [1.54, 1.807) is 36.5 Å². The molecular formula is C20H13N3O2. The van der Waals surface area contributed by atoms with Gasteiger partial charge in [-0.3, -0.25) is 9.78 Å². The first-order valence-electron chi connectivity index (χ1n) is 7.76. The molecule has 2 aromatic carbocycles. The number of carbonyl (C=O) groups is 1. The molecule has 4 aromatic rings. The van der Waals surface area contributed by atoms with Crippen molar-refractivity contribution in [1.82, 2.24) is 15.1 Å². The van der Waals surface area contributed by atoms with Crippen LogP contribution in [0.25, 0.3) is 23.0 Å². The van der Waals surface area contributed by atoms with Gasteiger partial charge in [0.05, 0.1) is 0 Å². The molecule has 0 aliphatic heterocycles. The van der Waals surface area contributed by atoms with Gasteiger partial charge in [0.1, 0.15) is 5.69 Å². The standard InChI is InChI=1S/C20H13N3O2/c24-18(14-7-2-1-3-8-14)15-9-6-10-16(13-15)20-22-19(23-25-20)17-11-4-5-12-21-17/h1-13H. The number of hydrogen-bond acceptors (Lipinski definition) is 5. The maximum absolute atomic E-state index is 12.6. The van der Waals surface area contributed by atoms with Gasteiger partial charge in [-0.15, -0.1) is 0 Å². The highest BCUT2D eigenvalue weighted by Gasteiger charge is 2.14. The van der Waals surface area contributed by atoms with Gasteiger partial charge in [0.25, 0.3) is 5.89 Å². The van der Waals surface area contributed by atoms with Gasteiger partial charge in [0, 0.05) is 22.9 Å². The van der Waals surface area contributed by atoms with Crippen LogP contribution in [0.1, 0.15) is 15.9 Å². The third kappa shape index (κ3) is 3.07. The molecule has 0 saturated heterocycles. The van der Waals surface area contributed by atoms with Crippen molar-refractivity contribution in [3.05, 3.63) is 90.1 Å². The number of benzene rings is 2. The maximum atomic E-state index is 12.6. The van der Waals surface area contributed by atoms with E-state index >= 15 is 0 Å². The number of carbonyl (C=O) groups excluding carboxylic acids is 1. The van der Waals surface area contributed by atoms with Gasteiger partial charge in [-0.2, -0.15) is 4.98 Å². The molecule has 0 unspecified atom stereocenters. The molecule has 2 heterocycles. The second kappa shape index (κ2) is 6.49. The topological polar surface area (TPSA) is 68.9 Å². The zero-order valence-corrected chi connectivity index (χ0v) is 13.2. The van der Waals surface area contributed by atoms with Crippen LogP contribution in [0.15, 0.2) is 83.5 Å². The summed E-state index contributed by atoms with van der Waals surface area (Å²) in [5.74, 6) is 0.714. The van der Waals surface area contributed by atoms with E-state index in [1.165, 1.54) is 0 Å². The molecule has 0 atom stereocenters. The second-order valence-corrected chi connectivity index (χ2v) is 5.41. The third-order valence-corrected chi connectivity index (χ3v) is 3.73. The van der Waals surface area contributed by atoms with E-state index in [2.05, 4.69) is 15.1 Å². The van der Waals surface area contributed by atoms with Crippen molar-refractivity contribution in [2.45, 2.75) is 0 Å². The van der Waals surface area contributed by atoms with Gasteiger partial charge in [0.15, 0.2) is 5.78 Å². The van der Waals surface area contributed by atoms with E-state index < -0.39 is 0 Å². The van der Waals surface area contributed by atoms with Crippen LogP contribution in [0.3, 0.4) is 0 Å². The summed E-state index contributed by atoms with van der Waals surface area (Å²) in [5, 5.41) is 3.96. The number of aromatic nitrogens is 3. The minimum atomic E-state index is -0.0492. The van der Waals surface area contributed by atoms with Crippen molar-refractivity contribution in [3.8, 4) is 23.0 Å². The highest BCUT2D eigenvalue weighted by atomic mass is 16.5. The van der Waals surface area contributed by atoms with Crippen molar-refractivity contribution >= 4 is 5.78 Å². The first-order chi connectivity index (χ1) is 12.3. The average Bonchev–Trinajstić information content (AvgIpc) is 3.19. The zero-order chi connectivity index (χ0) is 17.1. The SMILES string of the molecule is O=C(c1ccccc1)c1cccc(-c2nc(-c3ccccn3)no2)c1. The van der Waals surface area contributed by atoms with Crippen LogP contribution in [-0.4, -0.2) is 20.9 Å². The molecule has 0 bridgehead atoms. The van der Waals surface area contributed by atoms with Crippen molar-refractivity contribution in [3.63, 3.8) is 0 Å². The molecule has 5 nitrogen and oxygen atoms in total. The van der Waals surface area contributed by atoms with Crippen molar-refractivity contribution in [2.75, 3.05) is 0 Å². The van der Waals surface area contributed by atoms with Crippen molar-refractivity contribution in [2.24, 2.45) is 0 Å². The van der Waals surface area contributed by atoms with Gasteiger partial charge < -0.3 is 4.52 Å². The molecule has 0 fully saturated rings. The van der Waals surface area contributed by atoms with E-state index in [0.717, 1.165) is 0 Å². The fraction of sp³-hybridized carbons (Fsp3) is 0. The molecule has 0 saturated carbocycles. The quantitative estimate of drug-likeness (QED) is 0.529. The number of nitrogens with zero attached hydrogens (tertiary/aromatic N) is 3. The van der Waals surface area contributed by atoms with Crippen LogP contribution in [0.2, 0.25) is 0 Å². The highest BCUT2D eigenvalue weighted by molar-refractivity contribution is 6.09. The summed E-state index contributed by atoms with van der Waals surface area (Å²) in [4.78, 5) is 21.2. The normalized spacial score (nSPS) is 10.6. The molecule has 4 rings (SSSR count). The van der Waals surface area contributed by atoms with Crippen LogP contribution in [0.5, 0.6) is 0 Å². The highest BCUT2D eigenvalue weighted by Crippen LogP contribution is 2.23. The van der Waals surface area contributed by atoms with E-state index in [4.69, 9.17) is 4.52 Å². The van der Waals surface area contributed by atoms with Crippen LogP contribution in [0.4, 0.5) is 0 Å².